The van der Waals surface area contributed by atoms with Gasteiger partial charge in [0.05, 0.1) is 32.0 Å². The molecule has 3 aromatic rings. The predicted molar refractivity (Wildman–Crippen MR) is 123 cm³/mol. The highest BCUT2D eigenvalue weighted by molar-refractivity contribution is 7.71. The number of aromatic nitrogens is 4. The normalized spacial score (nSPS) is 16.6. The van der Waals surface area contributed by atoms with Crippen LogP contribution in [0.1, 0.15) is 19.8 Å². The first-order valence-corrected chi connectivity index (χ1v) is 11.1. The predicted octanol–water partition coefficient (Wildman–Crippen LogP) is 3.71. The number of hydrogen-bond acceptors (Lipinski definition) is 7. The number of hydrogen-bond donors (Lipinski definition) is 0. The summed E-state index contributed by atoms with van der Waals surface area (Å²) in [6, 6.07) is 11.6. The molecule has 3 heterocycles. The van der Waals surface area contributed by atoms with Crippen molar-refractivity contribution in [2.45, 2.75) is 26.4 Å². The second kappa shape index (κ2) is 10.1. The molecule has 0 saturated carbocycles. The lowest BCUT2D eigenvalue weighted by Crippen LogP contribution is -2.40. The average molecular weight is 454 g/mol. The smallest absolute Gasteiger partial charge is 0.310 e. The molecule has 168 valence electrons. The van der Waals surface area contributed by atoms with Crippen LogP contribution in [0.5, 0.6) is 5.75 Å². The number of carbonyl (C=O) groups is 1. The number of piperidine rings is 1. The van der Waals surface area contributed by atoms with Crippen molar-refractivity contribution in [3.8, 4) is 22.8 Å². The van der Waals surface area contributed by atoms with Gasteiger partial charge in [-0.3, -0.25) is 19.2 Å². The van der Waals surface area contributed by atoms with Gasteiger partial charge in [-0.2, -0.15) is 0 Å². The van der Waals surface area contributed by atoms with E-state index in [1.165, 1.54) is 0 Å². The third-order valence-electron chi connectivity index (χ3n) is 5.57. The van der Waals surface area contributed by atoms with E-state index >= 15 is 0 Å². The molecule has 0 bridgehead atoms. The van der Waals surface area contributed by atoms with Crippen LogP contribution in [0.15, 0.2) is 48.8 Å². The third kappa shape index (κ3) is 4.73. The van der Waals surface area contributed by atoms with Crippen LogP contribution in [0.4, 0.5) is 0 Å². The Balaban J connectivity index is 1.67. The summed E-state index contributed by atoms with van der Waals surface area (Å²) in [5.74, 6) is 1.28. The number of methoxy groups -OCH3 is 1. The fraction of sp³-hybridized carbons (Fsp3) is 0.391. The van der Waals surface area contributed by atoms with Crippen LogP contribution in [0, 0.1) is 10.7 Å². The number of nitrogens with zero attached hydrogens (tertiary/aromatic N) is 5. The van der Waals surface area contributed by atoms with Crippen LogP contribution in [0.3, 0.4) is 0 Å². The molecule has 0 spiro atoms. The van der Waals surface area contributed by atoms with Crippen molar-refractivity contribution in [3.05, 3.63) is 53.6 Å². The monoisotopic (exact) mass is 453 g/mol. The van der Waals surface area contributed by atoms with Crippen LogP contribution < -0.4 is 4.74 Å². The minimum Gasteiger partial charge on any atom is -0.497 e. The maximum atomic E-state index is 12.2. The molecule has 8 nitrogen and oxygen atoms in total. The molecule has 2 aromatic heterocycles. The van der Waals surface area contributed by atoms with Crippen molar-refractivity contribution in [2.75, 3.05) is 26.8 Å². The highest BCUT2D eigenvalue weighted by Crippen LogP contribution is 2.25. The average Bonchev–Trinajstić information content (AvgIpc) is 3.16. The van der Waals surface area contributed by atoms with E-state index in [1.54, 1.807) is 19.5 Å². The maximum absolute atomic E-state index is 12.2. The highest BCUT2D eigenvalue weighted by atomic mass is 32.1. The summed E-state index contributed by atoms with van der Waals surface area (Å²) in [5, 5.41) is 4.86. The van der Waals surface area contributed by atoms with E-state index in [-0.39, 0.29) is 11.9 Å². The van der Waals surface area contributed by atoms with Gasteiger partial charge in [-0.1, -0.05) is 0 Å². The molecule has 9 heteroatoms. The summed E-state index contributed by atoms with van der Waals surface area (Å²) in [5.41, 5.74) is 1.82. The molecule has 1 saturated heterocycles. The summed E-state index contributed by atoms with van der Waals surface area (Å²) in [6.45, 7) is 4.28. The molecule has 1 atom stereocenters. The van der Waals surface area contributed by atoms with Gasteiger partial charge in [-0.05, 0) is 74.9 Å². The Bertz CT molecular complexity index is 1110. The molecule has 1 aliphatic heterocycles. The Kier molecular flexibility index (Phi) is 6.96. The van der Waals surface area contributed by atoms with Crippen LogP contribution in [-0.4, -0.2) is 57.0 Å². The van der Waals surface area contributed by atoms with E-state index in [0.29, 0.717) is 24.6 Å². The Morgan fingerprint density at radius 3 is 2.62 bits per heavy atom. The first kappa shape index (κ1) is 22.2. The summed E-state index contributed by atoms with van der Waals surface area (Å²) < 4.78 is 14.9. The van der Waals surface area contributed by atoms with Gasteiger partial charge in [0.2, 0.25) is 4.77 Å². The van der Waals surface area contributed by atoms with Gasteiger partial charge < -0.3 is 9.47 Å². The van der Waals surface area contributed by atoms with E-state index in [4.69, 9.17) is 26.8 Å². The van der Waals surface area contributed by atoms with Crippen molar-refractivity contribution in [3.63, 3.8) is 0 Å². The zero-order chi connectivity index (χ0) is 22.5. The number of ether oxygens (including phenoxy) is 2. The van der Waals surface area contributed by atoms with Crippen LogP contribution in [0.25, 0.3) is 17.1 Å². The van der Waals surface area contributed by atoms with E-state index in [1.807, 2.05) is 52.6 Å². The lowest BCUT2D eigenvalue weighted by Gasteiger charge is -2.31. The van der Waals surface area contributed by atoms with Gasteiger partial charge in [-0.15, -0.1) is 5.10 Å². The van der Waals surface area contributed by atoms with Gasteiger partial charge in [0, 0.05) is 24.5 Å². The van der Waals surface area contributed by atoms with Crippen molar-refractivity contribution in [2.24, 2.45) is 5.92 Å². The summed E-state index contributed by atoms with van der Waals surface area (Å²) in [7, 11) is 1.64. The number of benzene rings is 1. The lowest BCUT2D eigenvalue weighted by molar-refractivity contribution is -0.150. The zero-order valence-electron chi connectivity index (χ0n) is 18.3. The Hall–Kier alpha value is -3.04. The SMILES string of the molecule is CCOC(=O)[C@H]1CCCN(Cn2nc(-c3ccncc3)n(-c3ccc(OC)cc3)c2=S)C1. The standard InChI is InChI=1S/C23H27N5O3S/c1-3-31-22(29)18-5-4-14-26(15-18)16-27-23(32)28(19-6-8-20(30-2)9-7-19)21(25-27)17-10-12-24-13-11-17/h6-13,18H,3-5,14-16H2,1-2H3/t18-/m0/s1. The van der Waals surface area contributed by atoms with Crippen LogP contribution in [-0.2, 0) is 16.2 Å². The number of rotatable bonds is 7. The fourth-order valence-electron chi connectivity index (χ4n) is 3.98. The first-order chi connectivity index (χ1) is 15.6. The van der Waals surface area contributed by atoms with Gasteiger partial charge >= 0.3 is 5.97 Å². The summed E-state index contributed by atoms with van der Waals surface area (Å²) >= 11 is 5.85. The molecule has 1 fully saturated rings. The molecule has 0 unspecified atom stereocenters. The Labute approximate surface area is 192 Å². The largest absolute Gasteiger partial charge is 0.497 e. The van der Waals surface area contributed by atoms with Gasteiger partial charge in [0.25, 0.3) is 0 Å². The molecule has 0 amide bonds. The first-order valence-electron chi connectivity index (χ1n) is 10.7. The van der Waals surface area contributed by atoms with Crippen LogP contribution >= 0.6 is 12.2 Å². The van der Waals surface area contributed by atoms with Crippen LogP contribution in [0.2, 0.25) is 0 Å². The lowest BCUT2D eigenvalue weighted by atomic mass is 9.99. The molecule has 32 heavy (non-hydrogen) atoms. The Morgan fingerprint density at radius 1 is 1.19 bits per heavy atom. The van der Waals surface area contributed by atoms with Gasteiger partial charge in [0.1, 0.15) is 5.75 Å². The van der Waals surface area contributed by atoms with Crippen molar-refractivity contribution in [1.29, 1.82) is 0 Å². The minimum absolute atomic E-state index is 0.110. The molecule has 4 rings (SSSR count). The molecular formula is C23H27N5O3S. The van der Waals surface area contributed by atoms with Gasteiger partial charge in [0.15, 0.2) is 5.82 Å². The number of carbonyl (C=O) groups excluding carboxylic acids is 1. The van der Waals surface area contributed by atoms with E-state index in [9.17, 15) is 4.79 Å². The maximum Gasteiger partial charge on any atom is 0.310 e. The molecule has 1 aliphatic rings. The molecule has 0 N–H and O–H groups in total. The van der Waals surface area contributed by atoms with E-state index in [0.717, 1.165) is 42.2 Å². The molecule has 1 aromatic carbocycles. The van der Waals surface area contributed by atoms with E-state index in [2.05, 4.69) is 9.88 Å². The summed E-state index contributed by atoms with van der Waals surface area (Å²) in [6.07, 6.45) is 5.27. The topological polar surface area (TPSA) is 74.4 Å². The van der Waals surface area contributed by atoms with Gasteiger partial charge in [-0.25, -0.2) is 4.68 Å². The molecular weight excluding hydrogens is 426 g/mol. The second-order valence-corrected chi connectivity index (χ2v) is 8.05. The van der Waals surface area contributed by atoms with Crippen molar-refractivity contribution in [1.82, 2.24) is 24.2 Å². The number of esters is 1. The quantitative estimate of drug-likeness (QED) is 0.399. The minimum atomic E-state index is -0.123. The number of likely N-dealkylation sites (tertiary alicyclic amines) is 1. The molecule has 0 radical (unpaired) electrons. The third-order valence-corrected chi connectivity index (χ3v) is 5.96. The van der Waals surface area contributed by atoms with E-state index < -0.39 is 0 Å². The second-order valence-electron chi connectivity index (χ2n) is 7.68. The summed E-state index contributed by atoms with van der Waals surface area (Å²) in [4.78, 5) is 18.6. The van der Waals surface area contributed by atoms with Crippen molar-refractivity contribution < 1.29 is 14.3 Å². The Morgan fingerprint density at radius 2 is 1.94 bits per heavy atom. The van der Waals surface area contributed by atoms with Crippen molar-refractivity contribution >= 4 is 18.2 Å². The fourth-order valence-corrected chi connectivity index (χ4v) is 4.27. The molecule has 0 aliphatic carbocycles. The number of pyridine rings is 1. The highest BCUT2D eigenvalue weighted by Gasteiger charge is 2.27. The zero-order valence-corrected chi connectivity index (χ0v) is 19.1.